The van der Waals surface area contributed by atoms with E-state index in [-0.39, 0.29) is 11.4 Å². The first-order chi connectivity index (χ1) is 7.88. The standard InChI is InChI=1S/C9H8ClF2NO4/c10-3-7(14)9(15)4-1-5(11)8(13(16)17)6(12)2-4/h1-2,7,9,14-15H,3H2. The molecule has 0 saturated heterocycles. The minimum absolute atomic E-state index is 0.321. The maximum atomic E-state index is 13.2. The van der Waals surface area contributed by atoms with Crippen LogP contribution in [0, 0.1) is 21.7 Å². The van der Waals surface area contributed by atoms with Crippen molar-refractivity contribution in [3.05, 3.63) is 39.4 Å². The second-order valence-corrected chi connectivity index (χ2v) is 3.57. The van der Waals surface area contributed by atoms with Crippen molar-refractivity contribution in [1.29, 1.82) is 0 Å². The van der Waals surface area contributed by atoms with Gasteiger partial charge in [-0.25, -0.2) is 0 Å². The molecule has 17 heavy (non-hydrogen) atoms. The molecule has 0 aromatic heterocycles. The lowest BCUT2D eigenvalue weighted by atomic mass is 10.0. The van der Waals surface area contributed by atoms with E-state index in [9.17, 15) is 29.1 Å². The number of hydrogen-bond donors (Lipinski definition) is 2. The molecule has 2 N–H and O–H groups in total. The van der Waals surface area contributed by atoms with Crippen LogP contribution in [-0.4, -0.2) is 27.1 Å². The number of benzene rings is 1. The molecule has 0 saturated carbocycles. The highest BCUT2D eigenvalue weighted by Crippen LogP contribution is 2.27. The topological polar surface area (TPSA) is 83.6 Å². The Morgan fingerprint density at radius 2 is 1.82 bits per heavy atom. The molecule has 0 amide bonds. The van der Waals surface area contributed by atoms with Crippen LogP contribution in [0.4, 0.5) is 14.5 Å². The van der Waals surface area contributed by atoms with Crippen molar-refractivity contribution >= 4 is 17.3 Å². The summed E-state index contributed by atoms with van der Waals surface area (Å²) in [5, 5.41) is 28.9. The molecular weight excluding hydrogens is 260 g/mol. The van der Waals surface area contributed by atoms with Crippen molar-refractivity contribution in [2.75, 3.05) is 5.88 Å². The van der Waals surface area contributed by atoms with Gasteiger partial charge >= 0.3 is 5.69 Å². The average molecular weight is 268 g/mol. The maximum absolute atomic E-state index is 13.2. The van der Waals surface area contributed by atoms with Gasteiger partial charge in [-0.05, 0) is 17.7 Å². The third kappa shape index (κ3) is 2.87. The number of nitro benzene ring substituents is 1. The molecule has 0 aliphatic rings. The van der Waals surface area contributed by atoms with Crippen molar-refractivity contribution in [1.82, 2.24) is 0 Å². The van der Waals surface area contributed by atoms with Crippen LogP contribution < -0.4 is 0 Å². The number of aliphatic hydroxyl groups is 2. The fraction of sp³-hybridized carbons (Fsp3) is 0.333. The maximum Gasteiger partial charge on any atom is 0.340 e. The van der Waals surface area contributed by atoms with E-state index in [1.807, 2.05) is 0 Å². The highest BCUT2D eigenvalue weighted by atomic mass is 35.5. The van der Waals surface area contributed by atoms with Crippen molar-refractivity contribution in [3.8, 4) is 0 Å². The zero-order valence-electron chi connectivity index (χ0n) is 8.31. The van der Waals surface area contributed by atoms with E-state index >= 15 is 0 Å². The summed E-state index contributed by atoms with van der Waals surface area (Å²) < 4.78 is 26.4. The summed E-state index contributed by atoms with van der Waals surface area (Å²) >= 11 is 5.25. The molecule has 2 unspecified atom stereocenters. The quantitative estimate of drug-likeness (QED) is 0.492. The van der Waals surface area contributed by atoms with Gasteiger partial charge in [0.25, 0.3) is 0 Å². The van der Waals surface area contributed by atoms with Gasteiger partial charge in [-0.3, -0.25) is 10.1 Å². The highest BCUT2D eigenvalue weighted by molar-refractivity contribution is 6.18. The fourth-order valence-corrected chi connectivity index (χ4v) is 1.41. The van der Waals surface area contributed by atoms with Crippen LogP contribution >= 0.6 is 11.6 Å². The van der Waals surface area contributed by atoms with E-state index in [4.69, 9.17) is 11.6 Å². The average Bonchev–Trinajstić information content (AvgIpc) is 2.25. The zero-order chi connectivity index (χ0) is 13.2. The number of nitrogens with zero attached hydrogens (tertiary/aromatic N) is 1. The lowest BCUT2D eigenvalue weighted by Gasteiger charge is -2.15. The van der Waals surface area contributed by atoms with E-state index in [2.05, 4.69) is 0 Å². The van der Waals surface area contributed by atoms with E-state index < -0.39 is 34.5 Å². The normalized spacial score (nSPS) is 14.4. The van der Waals surface area contributed by atoms with Crippen LogP contribution in [0.2, 0.25) is 0 Å². The predicted octanol–water partition coefficient (Wildman–Crippen LogP) is 1.51. The van der Waals surface area contributed by atoms with Crippen molar-refractivity contribution < 1.29 is 23.9 Å². The lowest BCUT2D eigenvalue weighted by molar-refractivity contribution is -0.390. The summed E-state index contributed by atoms with van der Waals surface area (Å²) in [5.41, 5.74) is -1.62. The van der Waals surface area contributed by atoms with Gasteiger partial charge in [-0.15, -0.1) is 11.6 Å². The van der Waals surface area contributed by atoms with Crippen LogP contribution in [0.25, 0.3) is 0 Å². The van der Waals surface area contributed by atoms with Gasteiger partial charge < -0.3 is 10.2 Å². The molecule has 0 heterocycles. The first-order valence-corrected chi connectivity index (χ1v) is 4.97. The molecule has 0 radical (unpaired) electrons. The number of nitro groups is 1. The second-order valence-electron chi connectivity index (χ2n) is 3.26. The molecule has 2 atom stereocenters. The molecular formula is C9H8ClF2NO4. The number of alkyl halides is 1. The van der Waals surface area contributed by atoms with Crippen LogP contribution in [0.1, 0.15) is 11.7 Å². The molecule has 94 valence electrons. The molecule has 8 heteroatoms. The summed E-state index contributed by atoms with van der Waals surface area (Å²) in [6, 6.07) is 1.17. The summed E-state index contributed by atoms with van der Waals surface area (Å²) in [6.07, 6.45) is -3.03. The number of halogens is 3. The third-order valence-electron chi connectivity index (χ3n) is 2.09. The Hall–Kier alpha value is -1.31. The first-order valence-electron chi connectivity index (χ1n) is 4.44. The fourth-order valence-electron chi connectivity index (χ4n) is 1.24. The number of aliphatic hydroxyl groups excluding tert-OH is 2. The number of hydrogen-bond acceptors (Lipinski definition) is 4. The van der Waals surface area contributed by atoms with Gasteiger partial charge in [0.1, 0.15) is 6.10 Å². The highest BCUT2D eigenvalue weighted by Gasteiger charge is 2.26. The molecule has 0 fully saturated rings. The Balaban J connectivity index is 3.19. The first kappa shape index (κ1) is 13.8. The van der Waals surface area contributed by atoms with Gasteiger partial charge in [-0.1, -0.05) is 0 Å². The Kier molecular flexibility index (Phi) is 4.33. The van der Waals surface area contributed by atoms with Gasteiger partial charge in [0.2, 0.25) is 11.6 Å². The number of rotatable bonds is 4. The Bertz CT molecular complexity index is 420. The van der Waals surface area contributed by atoms with Crippen molar-refractivity contribution in [3.63, 3.8) is 0 Å². The Morgan fingerprint density at radius 3 is 2.18 bits per heavy atom. The molecule has 0 aliphatic carbocycles. The third-order valence-corrected chi connectivity index (χ3v) is 2.40. The Labute approximate surface area is 99.4 Å². The van der Waals surface area contributed by atoms with Crippen LogP contribution in [0.3, 0.4) is 0 Å². The smallest absolute Gasteiger partial charge is 0.340 e. The van der Waals surface area contributed by atoms with Crippen LogP contribution in [0.15, 0.2) is 12.1 Å². The van der Waals surface area contributed by atoms with Crippen molar-refractivity contribution in [2.45, 2.75) is 12.2 Å². The lowest BCUT2D eigenvalue weighted by Crippen LogP contribution is -2.20. The molecule has 1 rings (SSSR count). The monoisotopic (exact) mass is 267 g/mol. The molecule has 0 aliphatic heterocycles. The van der Waals surface area contributed by atoms with E-state index in [0.717, 1.165) is 0 Å². The second kappa shape index (κ2) is 5.35. The summed E-state index contributed by atoms with van der Waals surface area (Å²) in [4.78, 5) is 9.10. The minimum atomic E-state index is -1.61. The van der Waals surface area contributed by atoms with E-state index in [1.54, 1.807) is 0 Å². The molecule has 5 nitrogen and oxygen atoms in total. The summed E-state index contributed by atoms with van der Waals surface area (Å²) in [6.45, 7) is 0. The molecule has 1 aromatic carbocycles. The van der Waals surface area contributed by atoms with Crippen LogP contribution in [-0.2, 0) is 0 Å². The van der Waals surface area contributed by atoms with Gasteiger partial charge in [0.15, 0.2) is 0 Å². The van der Waals surface area contributed by atoms with E-state index in [1.165, 1.54) is 0 Å². The molecule has 0 spiro atoms. The van der Waals surface area contributed by atoms with Crippen LogP contribution in [0.5, 0.6) is 0 Å². The largest absolute Gasteiger partial charge is 0.389 e. The van der Waals surface area contributed by atoms with Gasteiger partial charge in [0.05, 0.1) is 16.9 Å². The van der Waals surface area contributed by atoms with Gasteiger partial charge in [0, 0.05) is 0 Å². The summed E-state index contributed by atoms with van der Waals surface area (Å²) in [5.74, 6) is -3.20. The SMILES string of the molecule is O=[N+]([O-])c1c(F)cc(C(O)C(O)CCl)cc1F. The summed E-state index contributed by atoms with van der Waals surface area (Å²) in [7, 11) is 0. The van der Waals surface area contributed by atoms with Crippen molar-refractivity contribution in [2.24, 2.45) is 0 Å². The molecule has 1 aromatic rings. The van der Waals surface area contributed by atoms with Gasteiger partial charge in [-0.2, -0.15) is 8.78 Å². The molecule has 0 bridgehead atoms. The zero-order valence-corrected chi connectivity index (χ0v) is 9.06. The van der Waals surface area contributed by atoms with E-state index in [0.29, 0.717) is 12.1 Å². The minimum Gasteiger partial charge on any atom is -0.389 e. The Morgan fingerprint density at radius 1 is 1.35 bits per heavy atom. The predicted molar refractivity (Wildman–Crippen MR) is 54.7 cm³/mol.